The molecule has 1 aromatic heterocycles. The Morgan fingerprint density at radius 3 is 3.00 bits per heavy atom. The van der Waals surface area contributed by atoms with Crippen molar-refractivity contribution in [2.24, 2.45) is 5.73 Å². The van der Waals surface area contributed by atoms with E-state index in [0.717, 1.165) is 29.1 Å². The molecule has 4 heteroatoms. The zero-order chi connectivity index (χ0) is 11.4. The molecule has 2 rings (SSSR count). The van der Waals surface area contributed by atoms with Crippen LogP contribution in [0.5, 0.6) is 0 Å². The van der Waals surface area contributed by atoms with Gasteiger partial charge in [-0.25, -0.2) is 9.37 Å². The molecule has 0 bridgehead atoms. The molecule has 2 nitrogen and oxygen atoms in total. The van der Waals surface area contributed by atoms with Crippen LogP contribution in [0.2, 0.25) is 0 Å². The lowest BCUT2D eigenvalue weighted by Crippen LogP contribution is -1.99. The highest BCUT2D eigenvalue weighted by atomic mass is 32.1. The molecule has 0 aliphatic carbocycles. The molecule has 0 fully saturated rings. The molecule has 1 heterocycles. The smallest absolute Gasteiger partial charge is 0.123 e. The number of nitrogens with two attached hydrogens (primary N) is 1. The van der Waals surface area contributed by atoms with Crippen molar-refractivity contribution in [3.8, 4) is 11.3 Å². The van der Waals surface area contributed by atoms with Gasteiger partial charge >= 0.3 is 0 Å². The van der Waals surface area contributed by atoms with Crippen LogP contribution >= 0.6 is 11.3 Å². The number of halogens is 1. The predicted molar refractivity (Wildman–Crippen MR) is 64.9 cm³/mol. The zero-order valence-corrected chi connectivity index (χ0v) is 9.64. The van der Waals surface area contributed by atoms with Crippen LogP contribution in [-0.4, -0.2) is 11.5 Å². The van der Waals surface area contributed by atoms with Crippen molar-refractivity contribution in [1.29, 1.82) is 0 Å². The van der Waals surface area contributed by atoms with Gasteiger partial charge in [-0.2, -0.15) is 0 Å². The summed E-state index contributed by atoms with van der Waals surface area (Å²) in [5.74, 6) is -0.228. The molecule has 2 N–H and O–H groups in total. The molecule has 0 unspecified atom stereocenters. The molecule has 0 radical (unpaired) electrons. The quantitative estimate of drug-likeness (QED) is 0.886. The molecular weight excluding hydrogens is 223 g/mol. The van der Waals surface area contributed by atoms with Crippen molar-refractivity contribution in [2.75, 3.05) is 6.54 Å². The highest BCUT2D eigenvalue weighted by Gasteiger charge is 2.04. The Hall–Kier alpha value is -1.26. The highest BCUT2D eigenvalue weighted by Crippen LogP contribution is 2.22. The Morgan fingerprint density at radius 1 is 1.38 bits per heavy atom. The maximum Gasteiger partial charge on any atom is 0.123 e. The summed E-state index contributed by atoms with van der Waals surface area (Å²) in [4.78, 5) is 4.46. The second-order valence-corrected chi connectivity index (χ2v) is 4.47. The van der Waals surface area contributed by atoms with Crippen LogP contribution in [0.25, 0.3) is 11.3 Å². The molecule has 0 saturated heterocycles. The SMILES string of the molecule is NCCCc1nc(-c2cccc(F)c2)cs1. The average Bonchev–Trinajstić information content (AvgIpc) is 2.75. The predicted octanol–water partition coefficient (Wildman–Crippen LogP) is 2.84. The van der Waals surface area contributed by atoms with Crippen LogP contribution in [0.3, 0.4) is 0 Å². The first kappa shape index (κ1) is 11.2. The molecule has 2 aromatic rings. The van der Waals surface area contributed by atoms with Crippen molar-refractivity contribution in [3.63, 3.8) is 0 Å². The first-order valence-electron chi connectivity index (χ1n) is 5.20. The summed E-state index contributed by atoms with van der Waals surface area (Å²) in [5.41, 5.74) is 7.11. The molecule has 0 atom stereocenters. The summed E-state index contributed by atoms with van der Waals surface area (Å²) in [7, 11) is 0. The van der Waals surface area contributed by atoms with Gasteiger partial charge in [-0.05, 0) is 25.1 Å². The molecule has 0 saturated carbocycles. The van der Waals surface area contributed by atoms with Crippen molar-refractivity contribution in [1.82, 2.24) is 4.98 Å². The molecule has 1 aromatic carbocycles. The Bertz CT molecular complexity index is 468. The Kier molecular flexibility index (Phi) is 3.64. The van der Waals surface area contributed by atoms with Crippen molar-refractivity contribution in [3.05, 3.63) is 40.5 Å². The van der Waals surface area contributed by atoms with E-state index in [1.807, 2.05) is 11.4 Å². The van der Waals surface area contributed by atoms with E-state index in [0.29, 0.717) is 6.54 Å². The lowest BCUT2D eigenvalue weighted by atomic mass is 10.2. The van der Waals surface area contributed by atoms with E-state index in [1.165, 1.54) is 12.1 Å². The number of nitrogens with zero attached hydrogens (tertiary/aromatic N) is 1. The first-order chi connectivity index (χ1) is 7.79. The van der Waals surface area contributed by atoms with E-state index >= 15 is 0 Å². The van der Waals surface area contributed by atoms with Crippen molar-refractivity contribution in [2.45, 2.75) is 12.8 Å². The second-order valence-electron chi connectivity index (χ2n) is 3.53. The van der Waals surface area contributed by atoms with E-state index < -0.39 is 0 Å². The number of aromatic nitrogens is 1. The van der Waals surface area contributed by atoms with Crippen LogP contribution in [-0.2, 0) is 6.42 Å². The van der Waals surface area contributed by atoms with Crippen LogP contribution in [0, 0.1) is 5.82 Å². The lowest BCUT2D eigenvalue weighted by molar-refractivity contribution is 0.628. The summed E-state index contributed by atoms with van der Waals surface area (Å²) in [5, 5.41) is 3.02. The van der Waals surface area contributed by atoms with Crippen LogP contribution in [0.15, 0.2) is 29.6 Å². The van der Waals surface area contributed by atoms with Crippen molar-refractivity contribution < 1.29 is 4.39 Å². The topological polar surface area (TPSA) is 38.9 Å². The number of hydrogen-bond donors (Lipinski definition) is 1. The second kappa shape index (κ2) is 5.18. The Labute approximate surface area is 97.9 Å². The fraction of sp³-hybridized carbons (Fsp3) is 0.250. The normalized spacial score (nSPS) is 10.6. The third kappa shape index (κ3) is 2.65. The molecule has 0 aliphatic rings. The van der Waals surface area contributed by atoms with E-state index in [-0.39, 0.29) is 5.82 Å². The van der Waals surface area contributed by atoms with E-state index in [4.69, 9.17) is 5.73 Å². The Morgan fingerprint density at radius 2 is 2.25 bits per heavy atom. The van der Waals surface area contributed by atoms with Gasteiger partial charge in [-0.15, -0.1) is 11.3 Å². The maximum absolute atomic E-state index is 13.0. The number of thiazole rings is 1. The molecule has 84 valence electrons. The number of hydrogen-bond acceptors (Lipinski definition) is 3. The van der Waals surface area contributed by atoms with Gasteiger partial charge in [0.15, 0.2) is 0 Å². The summed E-state index contributed by atoms with van der Waals surface area (Å²) >= 11 is 1.60. The fourth-order valence-electron chi connectivity index (χ4n) is 1.46. The van der Waals surface area contributed by atoms with Gasteiger partial charge in [0.1, 0.15) is 5.82 Å². The Balaban J connectivity index is 2.18. The van der Waals surface area contributed by atoms with Gasteiger partial charge in [-0.1, -0.05) is 12.1 Å². The number of benzene rings is 1. The summed E-state index contributed by atoms with van der Waals surface area (Å²) in [6.45, 7) is 0.675. The molecule has 16 heavy (non-hydrogen) atoms. The largest absolute Gasteiger partial charge is 0.330 e. The first-order valence-corrected chi connectivity index (χ1v) is 6.08. The van der Waals surface area contributed by atoms with Crippen LogP contribution < -0.4 is 5.73 Å². The maximum atomic E-state index is 13.0. The minimum Gasteiger partial charge on any atom is -0.330 e. The minimum atomic E-state index is -0.228. The van der Waals surface area contributed by atoms with Gasteiger partial charge in [0, 0.05) is 17.4 Å². The third-order valence-electron chi connectivity index (χ3n) is 2.27. The van der Waals surface area contributed by atoms with Gasteiger partial charge in [0.25, 0.3) is 0 Å². The summed E-state index contributed by atoms with van der Waals surface area (Å²) in [6, 6.07) is 6.50. The number of aryl methyl sites for hydroxylation is 1. The fourth-order valence-corrected chi connectivity index (χ4v) is 2.31. The molecule has 0 aliphatic heterocycles. The highest BCUT2D eigenvalue weighted by molar-refractivity contribution is 7.09. The monoisotopic (exact) mass is 236 g/mol. The van der Waals surface area contributed by atoms with Gasteiger partial charge in [0.05, 0.1) is 10.7 Å². The van der Waals surface area contributed by atoms with Crippen LogP contribution in [0.1, 0.15) is 11.4 Å². The molecular formula is C12H13FN2S. The van der Waals surface area contributed by atoms with E-state index in [2.05, 4.69) is 4.98 Å². The molecule has 0 amide bonds. The van der Waals surface area contributed by atoms with Gasteiger partial charge < -0.3 is 5.73 Å². The van der Waals surface area contributed by atoms with Gasteiger partial charge in [-0.3, -0.25) is 0 Å². The zero-order valence-electron chi connectivity index (χ0n) is 8.82. The van der Waals surface area contributed by atoms with E-state index in [1.54, 1.807) is 17.4 Å². The summed E-state index contributed by atoms with van der Waals surface area (Å²) in [6.07, 6.45) is 1.84. The minimum absolute atomic E-state index is 0.228. The van der Waals surface area contributed by atoms with Gasteiger partial charge in [0.2, 0.25) is 0 Å². The lowest BCUT2D eigenvalue weighted by Gasteiger charge is -1.96. The average molecular weight is 236 g/mol. The third-order valence-corrected chi connectivity index (χ3v) is 3.18. The van der Waals surface area contributed by atoms with E-state index in [9.17, 15) is 4.39 Å². The van der Waals surface area contributed by atoms with Crippen molar-refractivity contribution >= 4 is 11.3 Å². The summed E-state index contributed by atoms with van der Waals surface area (Å²) < 4.78 is 13.0. The standard InChI is InChI=1S/C12H13FN2S/c13-10-4-1-3-9(7-10)11-8-16-12(15-11)5-2-6-14/h1,3-4,7-8H,2,5-6,14H2. The molecule has 0 spiro atoms. The number of rotatable bonds is 4. The van der Waals surface area contributed by atoms with Crippen LogP contribution in [0.4, 0.5) is 4.39 Å².